The Bertz CT molecular complexity index is 215. The number of carbonyl (C=O) groups is 1. The van der Waals surface area contributed by atoms with Gasteiger partial charge in [-0.2, -0.15) is 0 Å². The van der Waals surface area contributed by atoms with Gasteiger partial charge in [-0.25, -0.2) is 0 Å². The second kappa shape index (κ2) is 3.45. The number of nitrogens with zero attached hydrogens (tertiary/aromatic N) is 1. The Labute approximate surface area is 57.1 Å². The molecule has 1 rings (SSSR count). The lowest BCUT2D eigenvalue weighted by molar-refractivity contribution is -0.128. The van der Waals surface area contributed by atoms with E-state index in [0.29, 0.717) is 5.76 Å². The van der Waals surface area contributed by atoms with Crippen molar-refractivity contribution in [3.8, 4) is 0 Å². The van der Waals surface area contributed by atoms with Gasteiger partial charge < -0.3 is 9.25 Å². The molecule has 4 nitrogen and oxygen atoms in total. The monoisotopic (exact) mass is 139 g/mol. The molecule has 0 fully saturated rings. The summed E-state index contributed by atoms with van der Waals surface area (Å²) in [7, 11) is 0. The van der Waals surface area contributed by atoms with Gasteiger partial charge in [-0.15, -0.1) is 0 Å². The molecular formula is C6H5NO3. The smallest absolute Gasteiger partial charge is 0.323 e. The van der Waals surface area contributed by atoms with Crippen LogP contribution in [0.15, 0.2) is 28.0 Å². The Morgan fingerprint density at radius 1 is 1.70 bits per heavy atom. The van der Waals surface area contributed by atoms with Crippen LogP contribution < -0.4 is 0 Å². The van der Waals surface area contributed by atoms with Crippen molar-refractivity contribution in [1.82, 2.24) is 0 Å². The van der Waals surface area contributed by atoms with E-state index in [0.717, 1.165) is 0 Å². The summed E-state index contributed by atoms with van der Waals surface area (Å²) in [4.78, 5) is 13.6. The predicted octanol–water partition coefficient (Wildman–Crippen LogP) is 0.786. The second-order valence-electron chi connectivity index (χ2n) is 1.45. The van der Waals surface area contributed by atoms with E-state index in [2.05, 4.69) is 9.99 Å². The summed E-state index contributed by atoms with van der Waals surface area (Å²) in [6.45, 7) is 0.236. The van der Waals surface area contributed by atoms with Crippen LogP contribution in [0.25, 0.3) is 0 Å². The highest BCUT2D eigenvalue weighted by Crippen LogP contribution is 1.94. The van der Waals surface area contributed by atoms with Crippen molar-refractivity contribution in [3.05, 3.63) is 24.2 Å². The van der Waals surface area contributed by atoms with Gasteiger partial charge in [0.15, 0.2) is 0 Å². The van der Waals surface area contributed by atoms with Gasteiger partial charge in [0.1, 0.15) is 12.0 Å². The maximum atomic E-state index is 9.57. The minimum atomic E-state index is 0.236. The van der Waals surface area contributed by atoms with Crippen molar-refractivity contribution in [2.45, 2.75) is 0 Å². The molecule has 0 radical (unpaired) electrons. The molecule has 0 aromatic carbocycles. The molecule has 0 saturated carbocycles. The highest BCUT2D eigenvalue weighted by atomic mass is 16.7. The van der Waals surface area contributed by atoms with E-state index in [1.54, 1.807) is 12.1 Å². The quantitative estimate of drug-likeness (QED) is 0.269. The van der Waals surface area contributed by atoms with E-state index >= 15 is 0 Å². The zero-order chi connectivity index (χ0) is 7.23. The largest absolute Gasteiger partial charge is 0.463 e. The van der Waals surface area contributed by atoms with Crippen molar-refractivity contribution < 1.29 is 14.0 Å². The van der Waals surface area contributed by atoms with Crippen LogP contribution >= 0.6 is 0 Å². The van der Waals surface area contributed by atoms with Gasteiger partial charge in [-0.05, 0) is 12.1 Å². The topological polar surface area (TPSA) is 51.8 Å². The lowest BCUT2D eigenvalue weighted by atomic mass is 10.5. The third kappa shape index (κ3) is 1.74. The lowest BCUT2D eigenvalue weighted by Gasteiger charge is -1.80. The number of oxime groups is 1. The van der Waals surface area contributed by atoms with Gasteiger partial charge in [0.25, 0.3) is 0 Å². The highest BCUT2D eigenvalue weighted by molar-refractivity contribution is 5.75. The Morgan fingerprint density at radius 3 is 3.20 bits per heavy atom. The molecule has 0 aliphatic heterocycles. The molecule has 0 spiro atoms. The first-order valence-electron chi connectivity index (χ1n) is 2.60. The van der Waals surface area contributed by atoms with E-state index in [1.165, 1.54) is 12.5 Å². The van der Waals surface area contributed by atoms with E-state index in [-0.39, 0.29) is 6.47 Å². The molecule has 0 unspecified atom stereocenters. The third-order valence-electron chi connectivity index (χ3n) is 0.827. The van der Waals surface area contributed by atoms with Crippen LogP contribution in [-0.4, -0.2) is 12.7 Å². The van der Waals surface area contributed by atoms with Gasteiger partial charge in [0.05, 0.1) is 6.26 Å². The van der Waals surface area contributed by atoms with Crippen LogP contribution in [0.4, 0.5) is 0 Å². The summed E-state index contributed by atoms with van der Waals surface area (Å²) in [6, 6.07) is 3.40. The van der Waals surface area contributed by atoms with E-state index in [4.69, 9.17) is 4.42 Å². The predicted molar refractivity (Wildman–Crippen MR) is 33.5 cm³/mol. The van der Waals surface area contributed by atoms with Gasteiger partial charge in [-0.3, -0.25) is 4.79 Å². The Hall–Kier alpha value is -1.58. The van der Waals surface area contributed by atoms with Crippen LogP contribution in [0.3, 0.4) is 0 Å². The second-order valence-corrected chi connectivity index (χ2v) is 1.45. The zero-order valence-electron chi connectivity index (χ0n) is 5.06. The SMILES string of the molecule is O=CO/N=C/c1ccco1. The molecule has 0 amide bonds. The van der Waals surface area contributed by atoms with Crippen molar-refractivity contribution in [1.29, 1.82) is 0 Å². The Balaban J connectivity index is 2.47. The minimum absolute atomic E-state index is 0.236. The van der Waals surface area contributed by atoms with Gasteiger partial charge in [0.2, 0.25) is 0 Å². The van der Waals surface area contributed by atoms with Crippen molar-refractivity contribution in [2.24, 2.45) is 5.16 Å². The fraction of sp³-hybridized carbons (Fsp3) is 0. The van der Waals surface area contributed by atoms with Gasteiger partial charge in [-0.1, -0.05) is 5.16 Å². The number of hydrogen-bond acceptors (Lipinski definition) is 4. The van der Waals surface area contributed by atoms with E-state index in [9.17, 15) is 4.79 Å². The van der Waals surface area contributed by atoms with Crippen LogP contribution in [0.2, 0.25) is 0 Å². The summed E-state index contributed by atoms with van der Waals surface area (Å²) < 4.78 is 4.83. The number of carbonyl (C=O) groups excluding carboxylic acids is 1. The third-order valence-corrected chi connectivity index (χ3v) is 0.827. The van der Waals surface area contributed by atoms with Gasteiger partial charge >= 0.3 is 6.47 Å². The molecule has 0 bridgehead atoms. The first-order valence-corrected chi connectivity index (χ1v) is 2.60. The van der Waals surface area contributed by atoms with Crippen molar-refractivity contribution in [3.63, 3.8) is 0 Å². The fourth-order valence-corrected chi connectivity index (χ4v) is 0.472. The van der Waals surface area contributed by atoms with Gasteiger partial charge in [0, 0.05) is 0 Å². The molecule has 52 valence electrons. The van der Waals surface area contributed by atoms with E-state index in [1.807, 2.05) is 0 Å². The highest BCUT2D eigenvalue weighted by Gasteiger charge is 1.86. The summed E-state index contributed by atoms with van der Waals surface area (Å²) >= 11 is 0. The van der Waals surface area contributed by atoms with Crippen LogP contribution in [-0.2, 0) is 9.63 Å². The molecule has 0 aliphatic rings. The van der Waals surface area contributed by atoms with Crippen molar-refractivity contribution >= 4 is 12.7 Å². The molecule has 1 heterocycles. The number of rotatable bonds is 3. The normalized spacial score (nSPS) is 10.0. The fourth-order valence-electron chi connectivity index (χ4n) is 0.472. The molecule has 1 aromatic heterocycles. The number of hydrogen-bond donors (Lipinski definition) is 0. The molecule has 0 N–H and O–H groups in total. The first kappa shape index (κ1) is 6.54. The molecule has 0 aliphatic carbocycles. The van der Waals surface area contributed by atoms with E-state index < -0.39 is 0 Å². The molecular weight excluding hydrogens is 134 g/mol. The summed E-state index contributed by atoms with van der Waals surface area (Å²) in [5.41, 5.74) is 0. The minimum Gasteiger partial charge on any atom is -0.463 e. The summed E-state index contributed by atoms with van der Waals surface area (Å²) in [5, 5.41) is 3.25. The first-order chi connectivity index (χ1) is 4.93. The molecule has 4 heteroatoms. The zero-order valence-corrected chi connectivity index (χ0v) is 5.06. The average molecular weight is 139 g/mol. The van der Waals surface area contributed by atoms with Crippen LogP contribution in [0, 0.1) is 0 Å². The summed E-state index contributed by atoms with van der Waals surface area (Å²) in [6.07, 6.45) is 2.80. The molecule has 10 heavy (non-hydrogen) atoms. The summed E-state index contributed by atoms with van der Waals surface area (Å²) in [5.74, 6) is 0.543. The Kier molecular flexibility index (Phi) is 2.25. The van der Waals surface area contributed by atoms with Crippen molar-refractivity contribution in [2.75, 3.05) is 0 Å². The maximum absolute atomic E-state index is 9.57. The maximum Gasteiger partial charge on any atom is 0.323 e. The standard InChI is InChI=1S/C6H5NO3/c8-5-10-7-4-6-2-1-3-9-6/h1-5H/b7-4+. The average Bonchev–Trinajstić information content (AvgIpc) is 2.41. The molecule has 1 aromatic rings. The van der Waals surface area contributed by atoms with Crippen LogP contribution in [0.1, 0.15) is 5.76 Å². The lowest BCUT2D eigenvalue weighted by Crippen LogP contribution is -1.78. The number of furan rings is 1. The molecule has 0 saturated heterocycles. The van der Waals surface area contributed by atoms with Crippen LogP contribution in [0.5, 0.6) is 0 Å². The molecule has 0 atom stereocenters. The Morgan fingerprint density at radius 2 is 2.60 bits per heavy atom.